The van der Waals surface area contributed by atoms with Crippen LogP contribution in [0.25, 0.3) is 0 Å². The predicted octanol–water partition coefficient (Wildman–Crippen LogP) is 5.62. The first-order chi connectivity index (χ1) is 12.1. The summed E-state index contributed by atoms with van der Waals surface area (Å²) in [5.74, 6) is -0.102. The van der Waals surface area contributed by atoms with Crippen LogP contribution in [-0.4, -0.2) is 23.5 Å². The fourth-order valence-corrected chi connectivity index (χ4v) is 2.46. The minimum Gasteiger partial charge on any atom is -0.466 e. The highest BCUT2D eigenvalue weighted by Crippen LogP contribution is 2.09. The van der Waals surface area contributed by atoms with Crippen molar-refractivity contribution in [2.24, 2.45) is 0 Å². The van der Waals surface area contributed by atoms with Gasteiger partial charge in [-0.15, -0.1) is 0 Å². The maximum absolute atomic E-state index is 11.2. The fraction of sp³-hybridized carbons (Fsp3) is 0.750. The number of carbonyl (C=O) groups excluding carboxylic acids is 1. The molecule has 0 saturated carbocycles. The van der Waals surface area contributed by atoms with Crippen molar-refractivity contribution in [3.05, 3.63) is 34.4 Å². The molecule has 0 spiro atoms. The summed E-state index contributed by atoms with van der Waals surface area (Å²) in [6.45, 7) is 4.39. The molecule has 0 bridgehead atoms. The molecule has 0 N–H and O–H groups in total. The molecule has 5 heteroatoms. The van der Waals surface area contributed by atoms with Gasteiger partial charge in [0.25, 0.3) is 0 Å². The Hall–Kier alpha value is -1.65. The van der Waals surface area contributed by atoms with E-state index in [1.54, 1.807) is 6.08 Å². The first-order valence-electron chi connectivity index (χ1n) is 9.72. The molecule has 0 aliphatic carbocycles. The van der Waals surface area contributed by atoms with Crippen molar-refractivity contribution in [1.82, 2.24) is 0 Å². The van der Waals surface area contributed by atoms with E-state index in [0.717, 1.165) is 57.8 Å². The van der Waals surface area contributed by atoms with Crippen LogP contribution in [-0.2, 0) is 9.53 Å². The van der Waals surface area contributed by atoms with Crippen LogP contribution in [0.5, 0.6) is 0 Å². The summed E-state index contributed by atoms with van der Waals surface area (Å²) >= 11 is 0. The highest BCUT2D eigenvalue weighted by molar-refractivity contribution is 5.69. The number of unbranched alkanes of at least 4 members (excludes halogenated alkanes) is 7. The molecule has 0 rings (SSSR count). The number of allylic oxidation sites excluding steroid dienone is 2. The maximum atomic E-state index is 11.2. The zero-order valence-electron chi connectivity index (χ0n) is 16.0. The maximum Gasteiger partial charge on any atom is 0.305 e. The molecule has 0 aromatic carbocycles. The van der Waals surface area contributed by atoms with Gasteiger partial charge in [-0.25, -0.2) is 0 Å². The first kappa shape index (κ1) is 23.4. The van der Waals surface area contributed by atoms with Crippen molar-refractivity contribution in [2.75, 3.05) is 6.61 Å². The zero-order valence-corrected chi connectivity index (χ0v) is 16.0. The molecule has 0 aliphatic heterocycles. The second-order valence-corrected chi connectivity index (χ2v) is 6.24. The van der Waals surface area contributed by atoms with Gasteiger partial charge >= 0.3 is 5.97 Å². The van der Waals surface area contributed by atoms with Gasteiger partial charge in [0.15, 0.2) is 0 Å². The highest BCUT2D eigenvalue weighted by atomic mass is 16.6. The predicted molar refractivity (Wildman–Crippen MR) is 102 cm³/mol. The monoisotopic (exact) mass is 353 g/mol. The number of nitro groups is 1. The number of ether oxygens (including phenoxy) is 1. The van der Waals surface area contributed by atoms with Crippen molar-refractivity contribution < 1.29 is 14.5 Å². The third-order valence-corrected chi connectivity index (χ3v) is 3.95. The second kappa shape index (κ2) is 17.2. The van der Waals surface area contributed by atoms with Crippen LogP contribution in [0.3, 0.4) is 0 Å². The lowest BCUT2D eigenvalue weighted by atomic mass is 10.1. The summed E-state index contributed by atoms with van der Waals surface area (Å²) in [6, 6.07) is -0.601. The molecule has 0 aromatic heterocycles. The number of hydrogen-bond donors (Lipinski definition) is 0. The van der Waals surface area contributed by atoms with Gasteiger partial charge in [-0.1, -0.05) is 57.3 Å². The number of carbonyl (C=O) groups is 1. The van der Waals surface area contributed by atoms with E-state index in [4.69, 9.17) is 4.74 Å². The van der Waals surface area contributed by atoms with Crippen LogP contribution in [0.1, 0.15) is 84.5 Å². The minimum atomic E-state index is -0.601. The van der Waals surface area contributed by atoms with Crippen LogP contribution in [0.15, 0.2) is 24.3 Å². The molecule has 144 valence electrons. The van der Waals surface area contributed by atoms with Crippen molar-refractivity contribution in [1.29, 1.82) is 0 Å². The van der Waals surface area contributed by atoms with E-state index >= 15 is 0 Å². The van der Waals surface area contributed by atoms with Gasteiger partial charge in [-0.2, -0.15) is 0 Å². The lowest BCUT2D eigenvalue weighted by Crippen LogP contribution is -2.15. The van der Waals surface area contributed by atoms with E-state index in [0.29, 0.717) is 19.4 Å². The van der Waals surface area contributed by atoms with Crippen LogP contribution in [0, 0.1) is 10.1 Å². The zero-order chi connectivity index (χ0) is 18.8. The van der Waals surface area contributed by atoms with Gasteiger partial charge in [0.05, 0.1) is 6.61 Å². The minimum absolute atomic E-state index is 0.102. The lowest BCUT2D eigenvalue weighted by molar-refractivity contribution is -0.508. The number of rotatable bonds is 16. The Kier molecular flexibility index (Phi) is 16.0. The molecule has 1 atom stereocenters. The van der Waals surface area contributed by atoms with E-state index in [-0.39, 0.29) is 10.9 Å². The van der Waals surface area contributed by atoms with Crippen LogP contribution in [0.4, 0.5) is 0 Å². The number of esters is 1. The van der Waals surface area contributed by atoms with Gasteiger partial charge in [0.2, 0.25) is 6.04 Å². The molecule has 0 aliphatic rings. The Balaban J connectivity index is 3.67. The summed E-state index contributed by atoms with van der Waals surface area (Å²) in [4.78, 5) is 22.0. The Morgan fingerprint density at radius 3 is 2.36 bits per heavy atom. The Labute approximate surface area is 152 Å². The van der Waals surface area contributed by atoms with Crippen LogP contribution < -0.4 is 0 Å². The molecule has 0 fully saturated rings. The molecule has 0 saturated heterocycles. The first-order valence-corrected chi connectivity index (χ1v) is 9.72. The summed E-state index contributed by atoms with van der Waals surface area (Å²) in [5.41, 5.74) is 0. The van der Waals surface area contributed by atoms with Gasteiger partial charge < -0.3 is 4.74 Å². The third-order valence-electron chi connectivity index (χ3n) is 3.95. The number of hydrogen-bond acceptors (Lipinski definition) is 4. The summed E-state index contributed by atoms with van der Waals surface area (Å²) in [6.07, 6.45) is 18.0. The molecule has 0 amide bonds. The van der Waals surface area contributed by atoms with Gasteiger partial charge in [0.1, 0.15) is 0 Å². The van der Waals surface area contributed by atoms with Crippen molar-refractivity contribution >= 4 is 5.97 Å². The summed E-state index contributed by atoms with van der Waals surface area (Å²) < 4.78 is 4.89. The van der Waals surface area contributed by atoms with Gasteiger partial charge in [-0.05, 0) is 38.7 Å². The standard InChI is InChI=1S/C20H35NO4/c1-3-5-6-13-16-19(21(23)24)17-14-11-9-7-8-10-12-15-18-20(22)25-4-2/h11,13-14,16,19H,3-10,12,15,17-18H2,1-2H3/b14-11-,16-13+. The molecular formula is C20H35NO4. The topological polar surface area (TPSA) is 69.4 Å². The molecule has 25 heavy (non-hydrogen) atoms. The normalized spacial score (nSPS) is 12.7. The SMILES string of the molecule is CCCC/C=C/C(C/C=C\CCCCCCCC(=O)OCC)[N+](=O)[O-]. The van der Waals surface area contributed by atoms with Crippen molar-refractivity contribution in [2.45, 2.75) is 90.5 Å². The molecule has 1 unspecified atom stereocenters. The Bertz CT molecular complexity index is 405. The van der Waals surface area contributed by atoms with E-state index in [1.165, 1.54) is 0 Å². The molecular weight excluding hydrogens is 318 g/mol. The molecule has 5 nitrogen and oxygen atoms in total. The largest absolute Gasteiger partial charge is 0.466 e. The third kappa shape index (κ3) is 15.6. The Morgan fingerprint density at radius 1 is 1.00 bits per heavy atom. The van der Waals surface area contributed by atoms with Crippen molar-refractivity contribution in [3.8, 4) is 0 Å². The summed E-state index contributed by atoms with van der Waals surface area (Å²) in [7, 11) is 0. The van der Waals surface area contributed by atoms with Crippen molar-refractivity contribution in [3.63, 3.8) is 0 Å². The average Bonchev–Trinajstić information content (AvgIpc) is 2.58. The van der Waals surface area contributed by atoms with E-state index in [9.17, 15) is 14.9 Å². The highest BCUT2D eigenvalue weighted by Gasteiger charge is 2.12. The lowest BCUT2D eigenvalue weighted by Gasteiger charge is -2.02. The van der Waals surface area contributed by atoms with E-state index < -0.39 is 6.04 Å². The quantitative estimate of drug-likeness (QED) is 0.119. The molecule has 0 aromatic rings. The van der Waals surface area contributed by atoms with Crippen LogP contribution in [0.2, 0.25) is 0 Å². The molecule has 0 radical (unpaired) electrons. The van der Waals surface area contributed by atoms with E-state index in [2.05, 4.69) is 13.0 Å². The second-order valence-electron chi connectivity index (χ2n) is 6.24. The fourth-order valence-electron chi connectivity index (χ4n) is 2.46. The Morgan fingerprint density at radius 2 is 1.68 bits per heavy atom. The van der Waals surface area contributed by atoms with Gasteiger partial charge in [-0.3, -0.25) is 14.9 Å². The molecule has 0 heterocycles. The van der Waals surface area contributed by atoms with E-state index in [1.807, 2.05) is 19.1 Å². The average molecular weight is 354 g/mol. The smallest absolute Gasteiger partial charge is 0.305 e. The van der Waals surface area contributed by atoms with Crippen LogP contribution >= 0.6 is 0 Å². The van der Waals surface area contributed by atoms with Gasteiger partial charge in [0, 0.05) is 17.8 Å². The summed E-state index contributed by atoms with van der Waals surface area (Å²) in [5, 5.41) is 11.0. The number of nitrogens with zero attached hydrogens (tertiary/aromatic N) is 1.